The molecule has 98 valence electrons. The van der Waals surface area contributed by atoms with Crippen LogP contribution in [0, 0.1) is 5.82 Å². The highest BCUT2D eigenvalue weighted by Gasteiger charge is 2.24. The molecule has 1 unspecified atom stereocenters. The van der Waals surface area contributed by atoms with Gasteiger partial charge < -0.3 is 15.0 Å². The van der Waals surface area contributed by atoms with Crippen molar-refractivity contribution in [3.8, 4) is 0 Å². The summed E-state index contributed by atoms with van der Waals surface area (Å²) in [6.07, 6.45) is -0.241. The van der Waals surface area contributed by atoms with Gasteiger partial charge in [0.25, 0.3) is 0 Å². The normalized spacial score (nSPS) is 19.9. The van der Waals surface area contributed by atoms with Gasteiger partial charge >= 0.3 is 0 Å². The van der Waals surface area contributed by atoms with Crippen molar-refractivity contribution in [2.75, 3.05) is 33.3 Å². The van der Waals surface area contributed by atoms with Crippen molar-refractivity contribution < 1.29 is 13.9 Å². The number of hydrogen-bond donors (Lipinski definition) is 1. The van der Waals surface area contributed by atoms with E-state index in [-0.39, 0.29) is 17.8 Å². The number of ether oxygens (including phenoxy) is 1. The fourth-order valence-corrected chi connectivity index (χ4v) is 2.05. The van der Waals surface area contributed by atoms with Crippen LogP contribution in [0.3, 0.4) is 0 Å². The SMILES string of the molecule is CNCC(=O)N1CCOC(c2cccc(F)c2)C1. The van der Waals surface area contributed by atoms with Gasteiger partial charge in [-0.05, 0) is 24.7 Å². The van der Waals surface area contributed by atoms with Crippen molar-refractivity contribution in [3.05, 3.63) is 35.6 Å². The Balaban J connectivity index is 2.04. The predicted molar refractivity (Wildman–Crippen MR) is 65.6 cm³/mol. The smallest absolute Gasteiger partial charge is 0.236 e. The van der Waals surface area contributed by atoms with E-state index in [4.69, 9.17) is 4.74 Å². The van der Waals surface area contributed by atoms with Gasteiger partial charge in [-0.15, -0.1) is 0 Å². The lowest BCUT2D eigenvalue weighted by Gasteiger charge is -2.33. The summed E-state index contributed by atoms with van der Waals surface area (Å²) in [5, 5.41) is 2.84. The molecule has 0 radical (unpaired) electrons. The average molecular weight is 252 g/mol. The lowest BCUT2D eigenvalue weighted by molar-refractivity contribution is -0.137. The molecule has 1 aliphatic rings. The summed E-state index contributed by atoms with van der Waals surface area (Å²) in [4.78, 5) is 13.5. The van der Waals surface area contributed by atoms with Crippen LogP contribution in [0.2, 0.25) is 0 Å². The lowest BCUT2D eigenvalue weighted by Crippen LogP contribution is -2.45. The maximum absolute atomic E-state index is 13.2. The van der Waals surface area contributed by atoms with Gasteiger partial charge in [-0.2, -0.15) is 0 Å². The lowest BCUT2D eigenvalue weighted by atomic mass is 10.1. The van der Waals surface area contributed by atoms with Crippen LogP contribution in [-0.4, -0.2) is 44.1 Å². The maximum atomic E-state index is 13.2. The summed E-state index contributed by atoms with van der Waals surface area (Å²) in [5.41, 5.74) is 0.775. The van der Waals surface area contributed by atoms with Crippen LogP contribution >= 0.6 is 0 Å². The number of benzene rings is 1. The summed E-state index contributed by atoms with van der Waals surface area (Å²) in [7, 11) is 1.74. The first-order valence-corrected chi connectivity index (χ1v) is 6.00. The van der Waals surface area contributed by atoms with E-state index in [1.165, 1.54) is 12.1 Å². The molecule has 1 aliphatic heterocycles. The number of hydrogen-bond acceptors (Lipinski definition) is 3. The number of likely N-dealkylation sites (N-methyl/N-ethyl adjacent to an activating group) is 1. The van der Waals surface area contributed by atoms with E-state index in [0.29, 0.717) is 26.2 Å². The van der Waals surface area contributed by atoms with Gasteiger partial charge in [-0.3, -0.25) is 4.79 Å². The molecule has 1 amide bonds. The molecule has 1 fully saturated rings. The van der Waals surface area contributed by atoms with E-state index in [1.807, 2.05) is 6.07 Å². The van der Waals surface area contributed by atoms with Gasteiger partial charge in [0.05, 0.1) is 19.7 Å². The Morgan fingerprint density at radius 3 is 3.17 bits per heavy atom. The van der Waals surface area contributed by atoms with E-state index in [0.717, 1.165) is 5.56 Å². The summed E-state index contributed by atoms with van der Waals surface area (Å²) >= 11 is 0. The molecule has 0 bridgehead atoms. The molecule has 1 aromatic rings. The van der Waals surface area contributed by atoms with Crippen molar-refractivity contribution >= 4 is 5.91 Å². The van der Waals surface area contributed by atoms with Gasteiger partial charge in [-0.1, -0.05) is 12.1 Å². The minimum Gasteiger partial charge on any atom is -0.370 e. The van der Waals surface area contributed by atoms with Gasteiger partial charge in [0, 0.05) is 6.54 Å². The molecular formula is C13H17FN2O2. The second kappa shape index (κ2) is 5.93. The molecule has 0 aromatic heterocycles. The van der Waals surface area contributed by atoms with Crippen molar-refractivity contribution in [1.29, 1.82) is 0 Å². The highest BCUT2D eigenvalue weighted by molar-refractivity contribution is 5.78. The Hall–Kier alpha value is -1.46. The van der Waals surface area contributed by atoms with Crippen molar-refractivity contribution in [3.63, 3.8) is 0 Å². The molecule has 5 heteroatoms. The van der Waals surface area contributed by atoms with E-state index >= 15 is 0 Å². The van der Waals surface area contributed by atoms with Crippen LogP contribution in [0.25, 0.3) is 0 Å². The predicted octanol–water partition coefficient (Wildman–Crippen LogP) is 0.945. The molecule has 4 nitrogen and oxygen atoms in total. The van der Waals surface area contributed by atoms with Crippen LogP contribution in [0.5, 0.6) is 0 Å². The molecular weight excluding hydrogens is 235 g/mol. The van der Waals surface area contributed by atoms with Crippen LogP contribution in [0.15, 0.2) is 24.3 Å². The number of amides is 1. The second-order valence-electron chi connectivity index (χ2n) is 4.28. The molecule has 0 saturated carbocycles. The fourth-order valence-electron chi connectivity index (χ4n) is 2.05. The molecule has 0 spiro atoms. The summed E-state index contributed by atoms with van der Waals surface area (Å²) < 4.78 is 18.7. The topological polar surface area (TPSA) is 41.6 Å². The van der Waals surface area contributed by atoms with Crippen molar-refractivity contribution in [2.24, 2.45) is 0 Å². The first kappa shape index (κ1) is 13.0. The van der Waals surface area contributed by atoms with Crippen LogP contribution in [0.4, 0.5) is 4.39 Å². The summed E-state index contributed by atoms with van der Waals surface area (Å²) in [6, 6.07) is 6.33. The molecule has 0 aliphatic carbocycles. The maximum Gasteiger partial charge on any atom is 0.236 e. The zero-order chi connectivity index (χ0) is 13.0. The monoisotopic (exact) mass is 252 g/mol. The van der Waals surface area contributed by atoms with Crippen molar-refractivity contribution in [2.45, 2.75) is 6.10 Å². The quantitative estimate of drug-likeness (QED) is 0.870. The Morgan fingerprint density at radius 1 is 1.61 bits per heavy atom. The summed E-state index contributed by atoms with van der Waals surface area (Å²) in [6.45, 7) is 1.86. The van der Waals surface area contributed by atoms with E-state index in [1.54, 1.807) is 18.0 Å². The number of nitrogens with one attached hydrogen (secondary N) is 1. The second-order valence-corrected chi connectivity index (χ2v) is 4.28. The minimum absolute atomic E-state index is 0.0437. The first-order valence-electron chi connectivity index (χ1n) is 6.00. The first-order chi connectivity index (χ1) is 8.70. The number of morpholine rings is 1. The Bertz CT molecular complexity index is 425. The highest BCUT2D eigenvalue weighted by Crippen LogP contribution is 2.22. The van der Waals surface area contributed by atoms with Crippen LogP contribution < -0.4 is 5.32 Å². The third kappa shape index (κ3) is 3.05. The third-order valence-electron chi connectivity index (χ3n) is 2.97. The Morgan fingerprint density at radius 2 is 2.44 bits per heavy atom. The molecule has 2 rings (SSSR count). The van der Waals surface area contributed by atoms with E-state index in [2.05, 4.69) is 5.32 Å². The van der Waals surface area contributed by atoms with Crippen molar-refractivity contribution in [1.82, 2.24) is 10.2 Å². The molecule has 1 heterocycles. The molecule has 1 atom stereocenters. The van der Waals surface area contributed by atoms with E-state index < -0.39 is 0 Å². The zero-order valence-corrected chi connectivity index (χ0v) is 10.4. The minimum atomic E-state index is -0.283. The number of nitrogens with zero attached hydrogens (tertiary/aromatic N) is 1. The third-order valence-corrected chi connectivity index (χ3v) is 2.97. The van der Waals surface area contributed by atoms with Crippen LogP contribution in [-0.2, 0) is 9.53 Å². The molecule has 1 saturated heterocycles. The highest BCUT2D eigenvalue weighted by atomic mass is 19.1. The fraction of sp³-hybridized carbons (Fsp3) is 0.462. The number of carbonyl (C=O) groups excluding carboxylic acids is 1. The molecule has 18 heavy (non-hydrogen) atoms. The molecule has 1 N–H and O–H groups in total. The summed E-state index contributed by atoms with van der Waals surface area (Å²) in [5.74, 6) is -0.239. The van der Waals surface area contributed by atoms with Crippen LogP contribution in [0.1, 0.15) is 11.7 Å². The number of rotatable bonds is 3. The molecule has 1 aromatic carbocycles. The Kier molecular flexibility index (Phi) is 4.28. The number of halogens is 1. The standard InChI is InChI=1S/C13H17FN2O2/c1-15-8-13(17)16-5-6-18-12(9-16)10-3-2-4-11(14)7-10/h2-4,7,12,15H,5-6,8-9H2,1H3. The average Bonchev–Trinajstić information content (AvgIpc) is 2.39. The van der Waals surface area contributed by atoms with Gasteiger partial charge in [0.1, 0.15) is 11.9 Å². The number of carbonyl (C=O) groups is 1. The van der Waals surface area contributed by atoms with Gasteiger partial charge in [0.2, 0.25) is 5.91 Å². The largest absolute Gasteiger partial charge is 0.370 e. The zero-order valence-electron chi connectivity index (χ0n) is 10.4. The van der Waals surface area contributed by atoms with Gasteiger partial charge in [0.15, 0.2) is 0 Å². The Labute approximate surface area is 106 Å². The van der Waals surface area contributed by atoms with Gasteiger partial charge in [-0.25, -0.2) is 4.39 Å². The van der Waals surface area contributed by atoms with E-state index in [9.17, 15) is 9.18 Å².